The molecule has 0 spiro atoms. The Morgan fingerprint density at radius 3 is 0.981 bits per heavy atom. The van der Waals surface area contributed by atoms with Crippen molar-refractivity contribution in [1.82, 2.24) is 4.98 Å². The molecule has 1 aromatic heterocycles. The molecule has 0 atom stereocenters. The molecule has 0 aliphatic carbocycles. The average molecular weight is 821 g/mol. The number of hydrogen-bond acceptors (Lipinski definition) is 3. The first-order valence-corrected chi connectivity index (χ1v) is 20.2. The molecular formula is C46H69Cl3N3V-3. The molecule has 3 nitrogen and oxygen atoms in total. The van der Waals surface area contributed by atoms with Gasteiger partial charge in [-0.1, -0.05) is 104 Å². The van der Waals surface area contributed by atoms with E-state index in [0.29, 0.717) is 0 Å². The van der Waals surface area contributed by atoms with Crippen LogP contribution < -0.4 is 37.2 Å². The quantitative estimate of drug-likeness (QED) is 0.135. The monoisotopic (exact) mass is 819 g/mol. The van der Waals surface area contributed by atoms with Crippen LogP contribution in [0.3, 0.4) is 0 Å². The van der Waals surface area contributed by atoms with Crippen LogP contribution in [-0.4, -0.2) is 16.4 Å². The Labute approximate surface area is 356 Å². The molecule has 1 heterocycles. The van der Waals surface area contributed by atoms with Crippen molar-refractivity contribution in [3.63, 3.8) is 0 Å². The second kappa shape index (κ2) is 29.6. The van der Waals surface area contributed by atoms with Gasteiger partial charge in [0.1, 0.15) is 0 Å². The van der Waals surface area contributed by atoms with Crippen LogP contribution in [0.2, 0.25) is 0 Å². The molecule has 3 aromatic rings. The van der Waals surface area contributed by atoms with E-state index in [4.69, 9.17) is 15.0 Å². The van der Waals surface area contributed by atoms with Crippen LogP contribution in [0.15, 0.2) is 46.4 Å². The summed E-state index contributed by atoms with van der Waals surface area (Å²) in [4.78, 5) is 16.1. The van der Waals surface area contributed by atoms with Gasteiger partial charge in [-0.2, -0.15) is 0 Å². The smallest absolute Gasteiger partial charge is 0.0852 e. The van der Waals surface area contributed by atoms with Crippen molar-refractivity contribution in [2.24, 2.45) is 9.98 Å². The van der Waals surface area contributed by atoms with Gasteiger partial charge in [-0.05, 0) is 149 Å². The van der Waals surface area contributed by atoms with Gasteiger partial charge in [0.05, 0.1) is 34.2 Å². The minimum Gasteiger partial charge on any atom is -1.00 e. The summed E-state index contributed by atoms with van der Waals surface area (Å²) in [6, 6.07) is 14.2. The summed E-state index contributed by atoms with van der Waals surface area (Å²) in [7, 11) is 0. The van der Waals surface area contributed by atoms with Crippen molar-refractivity contribution in [2.45, 2.75) is 178 Å². The van der Waals surface area contributed by atoms with Gasteiger partial charge >= 0.3 is 0 Å². The Morgan fingerprint density at radius 1 is 0.453 bits per heavy atom. The zero-order valence-corrected chi connectivity index (χ0v) is 38.3. The fraction of sp³-hybridized carbons (Fsp3) is 0.587. The summed E-state index contributed by atoms with van der Waals surface area (Å²) in [5.41, 5.74) is 16.1. The van der Waals surface area contributed by atoms with Crippen molar-refractivity contribution < 1.29 is 55.8 Å². The summed E-state index contributed by atoms with van der Waals surface area (Å²) in [6.07, 6.45) is 21.1. The molecule has 0 aliphatic rings. The molecule has 0 unspecified atom stereocenters. The maximum absolute atomic E-state index is 5.43. The van der Waals surface area contributed by atoms with Gasteiger partial charge < -0.3 is 37.2 Å². The maximum atomic E-state index is 5.43. The Balaban J connectivity index is 0. The van der Waals surface area contributed by atoms with Crippen LogP contribution in [-0.2, 0) is 57.1 Å². The van der Waals surface area contributed by atoms with E-state index in [1.807, 2.05) is 0 Å². The maximum Gasteiger partial charge on any atom is 0.0852 e. The molecule has 0 saturated heterocycles. The summed E-state index contributed by atoms with van der Waals surface area (Å²) in [6.45, 7) is 20.2. The molecule has 7 heteroatoms. The van der Waals surface area contributed by atoms with E-state index in [9.17, 15) is 0 Å². The normalized spacial score (nSPS) is 11.3. The standard InChI is InChI=1S/C46H69N3.3ClH.V/c1-10-16-22-37-30-39(24-18-12-3)45(40(31-37)25-19-13-4)47-35(8)43-28-34(7)29-44(49-43)36(9)48-46-41(26-20-14-5)32-38(23-17-11-2)33-42(46)27-21-15-6;;;;/h28-33H,10-27H2,1-9H3;3*1H;/p-3. The number of halogens is 3. The Kier molecular flexibility index (Phi) is 29.9. The van der Waals surface area contributed by atoms with Gasteiger partial charge in [-0.25, -0.2) is 4.98 Å². The van der Waals surface area contributed by atoms with Crippen molar-refractivity contribution in [3.05, 3.63) is 86.7 Å². The number of aliphatic imine (C=N–C) groups is 2. The van der Waals surface area contributed by atoms with E-state index in [1.54, 1.807) is 0 Å². The predicted octanol–water partition coefficient (Wildman–Crippen LogP) is 4.74. The summed E-state index contributed by atoms with van der Waals surface area (Å²) >= 11 is 0. The number of aromatic nitrogens is 1. The first kappa shape index (κ1) is 53.5. The summed E-state index contributed by atoms with van der Waals surface area (Å²) in [5, 5.41) is 0. The van der Waals surface area contributed by atoms with Crippen LogP contribution in [0.4, 0.5) is 11.4 Å². The number of nitrogens with zero attached hydrogens (tertiary/aromatic N) is 3. The van der Waals surface area contributed by atoms with Gasteiger partial charge in [0, 0.05) is 18.6 Å². The Morgan fingerprint density at radius 2 is 0.717 bits per heavy atom. The fourth-order valence-corrected chi connectivity index (χ4v) is 6.72. The Bertz CT molecular complexity index is 1360. The van der Waals surface area contributed by atoms with Crippen LogP contribution in [0.5, 0.6) is 0 Å². The van der Waals surface area contributed by atoms with E-state index in [-0.39, 0.29) is 55.8 Å². The van der Waals surface area contributed by atoms with Crippen molar-refractivity contribution in [3.8, 4) is 0 Å². The van der Waals surface area contributed by atoms with Crippen LogP contribution in [0, 0.1) is 6.92 Å². The number of aryl methyl sites for hydroxylation is 7. The molecule has 0 amide bonds. The Hall–Kier alpha value is -1.62. The predicted molar refractivity (Wildman–Crippen MR) is 217 cm³/mol. The van der Waals surface area contributed by atoms with E-state index >= 15 is 0 Å². The molecule has 1 radical (unpaired) electrons. The second-order valence-electron chi connectivity index (χ2n) is 14.5. The third kappa shape index (κ3) is 17.4. The van der Waals surface area contributed by atoms with Crippen molar-refractivity contribution in [1.29, 1.82) is 0 Å². The van der Waals surface area contributed by atoms with Gasteiger partial charge in [-0.15, -0.1) is 0 Å². The summed E-state index contributed by atoms with van der Waals surface area (Å²) < 4.78 is 0. The molecule has 0 aliphatic heterocycles. The third-order valence-electron chi connectivity index (χ3n) is 9.76. The number of unbranched alkanes of at least 4 members (excludes halogenated alkanes) is 6. The van der Waals surface area contributed by atoms with Gasteiger partial charge in [0.25, 0.3) is 0 Å². The van der Waals surface area contributed by atoms with Crippen LogP contribution in [0.25, 0.3) is 0 Å². The third-order valence-corrected chi connectivity index (χ3v) is 9.76. The largest absolute Gasteiger partial charge is 1.00 e. The number of hydrogen-bond donors (Lipinski definition) is 0. The number of rotatable bonds is 22. The first-order chi connectivity index (χ1) is 23.8. The summed E-state index contributed by atoms with van der Waals surface area (Å²) in [5.74, 6) is 0. The molecular weight excluding hydrogens is 752 g/mol. The van der Waals surface area contributed by atoms with E-state index in [1.165, 1.54) is 127 Å². The molecule has 0 fully saturated rings. The van der Waals surface area contributed by atoms with Crippen molar-refractivity contribution in [2.75, 3.05) is 0 Å². The molecule has 0 bridgehead atoms. The van der Waals surface area contributed by atoms with Crippen LogP contribution >= 0.6 is 0 Å². The topological polar surface area (TPSA) is 37.6 Å². The number of benzene rings is 2. The first-order valence-electron chi connectivity index (χ1n) is 20.2. The van der Waals surface area contributed by atoms with Gasteiger partial charge in [-0.3, -0.25) is 9.98 Å². The molecule has 297 valence electrons. The van der Waals surface area contributed by atoms with Gasteiger partial charge in [0.2, 0.25) is 0 Å². The molecule has 0 N–H and O–H groups in total. The molecule has 2 aromatic carbocycles. The average Bonchev–Trinajstić information content (AvgIpc) is 3.10. The number of pyridine rings is 1. The minimum atomic E-state index is 0. The van der Waals surface area contributed by atoms with E-state index < -0.39 is 0 Å². The second-order valence-corrected chi connectivity index (χ2v) is 14.5. The minimum absolute atomic E-state index is 0. The van der Waals surface area contributed by atoms with Gasteiger partial charge in [0.15, 0.2) is 0 Å². The molecule has 53 heavy (non-hydrogen) atoms. The van der Waals surface area contributed by atoms with E-state index in [2.05, 4.69) is 98.7 Å². The molecule has 0 saturated carbocycles. The zero-order valence-electron chi connectivity index (χ0n) is 34.6. The fourth-order valence-electron chi connectivity index (χ4n) is 6.72. The zero-order chi connectivity index (χ0) is 35.6. The SMILES string of the molecule is CCCCc1cc(CCCC)c(N=C(C)c2cc(C)cc(C(C)=Nc3c(CCCC)cc(CCCC)cc3CCCC)n2)c(CCCC)c1.[Cl-].[Cl-].[Cl-].[V]. The van der Waals surface area contributed by atoms with Crippen LogP contribution in [0.1, 0.15) is 183 Å². The van der Waals surface area contributed by atoms with Crippen molar-refractivity contribution >= 4 is 22.8 Å². The molecule has 3 rings (SSSR count). The van der Waals surface area contributed by atoms with E-state index in [0.717, 1.165) is 61.3 Å².